The highest BCUT2D eigenvalue weighted by molar-refractivity contribution is 5.80. The molecule has 1 fully saturated rings. The number of aliphatic imine (C=N–C) groups is 1. The number of hydrogen-bond donors (Lipinski definition) is 2. The summed E-state index contributed by atoms with van der Waals surface area (Å²) in [4.78, 5) is 9.99. The molecule has 26 heavy (non-hydrogen) atoms. The molecule has 5 heteroatoms. The Hall–Kier alpha value is -0.810. The van der Waals surface area contributed by atoms with Crippen LogP contribution in [-0.2, 0) is 0 Å². The Morgan fingerprint density at radius 1 is 0.962 bits per heavy atom. The maximum absolute atomic E-state index is 4.85. The van der Waals surface area contributed by atoms with E-state index in [1.165, 1.54) is 64.8 Å². The molecule has 0 aromatic heterocycles. The highest BCUT2D eigenvalue weighted by Crippen LogP contribution is 2.07. The van der Waals surface area contributed by atoms with Crippen LogP contribution < -0.4 is 10.6 Å². The van der Waals surface area contributed by atoms with E-state index in [1.54, 1.807) is 0 Å². The van der Waals surface area contributed by atoms with Crippen LogP contribution in [0.3, 0.4) is 0 Å². The molecular formula is C21H45N5. The van der Waals surface area contributed by atoms with Crippen LogP contribution >= 0.6 is 0 Å². The minimum Gasteiger partial charge on any atom is -0.357 e. The van der Waals surface area contributed by atoms with E-state index in [9.17, 15) is 0 Å². The minimum atomic E-state index is 0.488. The Balaban J connectivity index is 2.32. The van der Waals surface area contributed by atoms with E-state index in [4.69, 9.17) is 4.99 Å². The summed E-state index contributed by atoms with van der Waals surface area (Å²) in [6.45, 7) is 20.3. The zero-order chi connectivity index (χ0) is 19.2. The van der Waals surface area contributed by atoms with Crippen molar-refractivity contribution in [3.8, 4) is 0 Å². The molecule has 2 N–H and O–H groups in total. The van der Waals surface area contributed by atoms with Gasteiger partial charge < -0.3 is 20.4 Å². The van der Waals surface area contributed by atoms with Gasteiger partial charge in [0, 0.05) is 51.9 Å². The number of piperazine rings is 1. The van der Waals surface area contributed by atoms with Gasteiger partial charge in [0.1, 0.15) is 0 Å². The van der Waals surface area contributed by atoms with Crippen LogP contribution in [0.4, 0.5) is 0 Å². The second-order valence-corrected chi connectivity index (χ2v) is 7.95. The van der Waals surface area contributed by atoms with Crippen molar-refractivity contribution >= 4 is 5.96 Å². The first kappa shape index (κ1) is 23.2. The summed E-state index contributed by atoms with van der Waals surface area (Å²) >= 11 is 0. The topological polar surface area (TPSA) is 42.9 Å². The summed E-state index contributed by atoms with van der Waals surface area (Å²) in [5.41, 5.74) is 0. The molecule has 1 heterocycles. The third-order valence-electron chi connectivity index (χ3n) is 5.26. The Labute approximate surface area is 163 Å². The Bertz CT molecular complexity index is 363. The van der Waals surface area contributed by atoms with Crippen LogP contribution in [0.2, 0.25) is 0 Å². The van der Waals surface area contributed by atoms with Gasteiger partial charge >= 0.3 is 0 Å². The molecule has 1 rings (SSSR count). The van der Waals surface area contributed by atoms with Gasteiger partial charge in [0.25, 0.3) is 0 Å². The first-order valence-corrected chi connectivity index (χ1v) is 11.1. The summed E-state index contributed by atoms with van der Waals surface area (Å²) in [5, 5.41) is 6.99. The van der Waals surface area contributed by atoms with Gasteiger partial charge in [-0.15, -0.1) is 0 Å². The van der Waals surface area contributed by atoms with E-state index in [0.29, 0.717) is 12.0 Å². The van der Waals surface area contributed by atoms with E-state index in [1.807, 2.05) is 0 Å². The number of likely N-dealkylation sites (N-methyl/N-ethyl adjacent to an activating group) is 1. The molecule has 1 aliphatic rings. The van der Waals surface area contributed by atoms with Crippen molar-refractivity contribution in [3.63, 3.8) is 0 Å². The molecule has 154 valence electrons. The van der Waals surface area contributed by atoms with E-state index in [-0.39, 0.29) is 0 Å². The average molecular weight is 368 g/mol. The van der Waals surface area contributed by atoms with Crippen molar-refractivity contribution < 1.29 is 0 Å². The van der Waals surface area contributed by atoms with Crippen molar-refractivity contribution in [1.29, 1.82) is 0 Å². The fraction of sp³-hybridized carbons (Fsp3) is 0.952. The zero-order valence-corrected chi connectivity index (χ0v) is 18.2. The number of nitrogens with zero attached hydrogens (tertiary/aromatic N) is 3. The lowest BCUT2D eigenvalue weighted by Crippen LogP contribution is -2.47. The van der Waals surface area contributed by atoms with Crippen LogP contribution in [0.25, 0.3) is 0 Å². The van der Waals surface area contributed by atoms with Crippen molar-refractivity contribution in [3.05, 3.63) is 0 Å². The second kappa shape index (κ2) is 14.3. The quantitative estimate of drug-likeness (QED) is 0.316. The first-order valence-electron chi connectivity index (χ1n) is 11.1. The first-order chi connectivity index (χ1) is 12.6. The summed E-state index contributed by atoms with van der Waals surface area (Å²) in [5.74, 6) is 1.58. The monoisotopic (exact) mass is 367 g/mol. The molecule has 0 spiro atoms. The molecule has 5 nitrogen and oxygen atoms in total. The van der Waals surface area contributed by atoms with Crippen molar-refractivity contribution in [1.82, 2.24) is 20.4 Å². The van der Waals surface area contributed by atoms with Gasteiger partial charge in [-0.05, 0) is 32.7 Å². The fourth-order valence-electron chi connectivity index (χ4n) is 3.54. The highest BCUT2D eigenvalue weighted by Gasteiger charge is 2.17. The van der Waals surface area contributed by atoms with Crippen molar-refractivity contribution in [2.75, 3.05) is 52.4 Å². The summed E-state index contributed by atoms with van der Waals surface area (Å²) in [6.07, 6.45) is 6.53. The standard InChI is InChI=1S/C21H45N5/c1-6-9-10-11-12-20(5)24-21(22-7-2)23-17-19(4)18-26-15-13-25(8-3)14-16-26/h19-20H,6-18H2,1-5H3,(H2,22,23,24). The number of unbranched alkanes of at least 4 members (excludes halogenated alkanes) is 3. The summed E-state index contributed by atoms with van der Waals surface area (Å²) < 4.78 is 0. The van der Waals surface area contributed by atoms with Gasteiger partial charge in [0.05, 0.1) is 0 Å². The lowest BCUT2D eigenvalue weighted by Gasteiger charge is -2.35. The summed E-state index contributed by atoms with van der Waals surface area (Å²) in [6, 6.07) is 0.488. The number of nitrogens with one attached hydrogen (secondary N) is 2. The Morgan fingerprint density at radius 2 is 1.65 bits per heavy atom. The van der Waals surface area contributed by atoms with Crippen LogP contribution in [0.15, 0.2) is 4.99 Å². The molecule has 0 bridgehead atoms. The molecule has 0 aromatic carbocycles. The van der Waals surface area contributed by atoms with Crippen molar-refractivity contribution in [2.24, 2.45) is 10.9 Å². The van der Waals surface area contributed by atoms with Gasteiger partial charge in [-0.25, -0.2) is 0 Å². The SMILES string of the molecule is CCCCCCC(C)NC(=NCC(C)CN1CCN(CC)CC1)NCC. The Morgan fingerprint density at radius 3 is 2.27 bits per heavy atom. The van der Waals surface area contributed by atoms with E-state index < -0.39 is 0 Å². The van der Waals surface area contributed by atoms with Gasteiger partial charge in [-0.2, -0.15) is 0 Å². The van der Waals surface area contributed by atoms with Gasteiger partial charge in [-0.1, -0.05) is 46.5 Å². The maximum atomic E-state index is 4.85. The molecule has 1 saturated heterocycles. The fourth-order valence-corrected chi connectivity index (χ4v) is 3.54. The molecule has 0 saturated carbocycles. The van der Waals surface area contributed by atoms with E-state index >= 15 is 0 Å². The van der Waals surface area contributed by atoms with Crippen LogP contribution in [0.5, 0.6) is 0 Å². The smallest absolute Gasteiger partial charge is 0.191 e. The summed E-state index contributed by atoms with van der Waals surface area (Å²) in [7, 11) is 0. The molecule has 0 aromatic rings. The van der Waals surface area contributed by atoms with Crippen LogP contribution in [0, 0.1) is 5.92 Å². The molecular weight excluding hydrogens is 322 g/mol. The van der Waals surface area contributed by atoms with Gasteiger partial charge in [0.15, 0.2) is 5.96 Å². The number of hydrogen-bond acceptors (Lipinski definition) is 3. The molecule has 2 atom stereocenters. The number of rotatable bonds is 12. The molecule has 2 unspecified atom stereocenters. The molecule has 1 aliphatic heterocycles. The molecule has 0 aliphatic carbocycles. The molecule has 0 radical (unpaired) electrons. The average Bonchev–Trinajstić information content (AvgIpc) is 2.64. The zero-order valence-electron chi connectivity index (χ0n) is 18.2. The normalized spacial score (nSPS) is 19.3. The second-order valence-electron chi connectivity index (χ2n) is 7.95. The third-order valence-corrected chi connectivity index (χ3v) is 5.26. The van der Waals surface area contributed by atoms with Crippen LogP contribution in [0.1, 0.15) is 66.7 Å². The lowest BCUT2D eigenvalue weighted by atomic mass is 10.1. The number of guanidine groups is 1. The van der Waals surface area contributed by atoms with E-state index in [0.717, 1.165) is 25.6 Å². The predicted octanol–water partition coefficient (Wildman–Crippen LogP) is 3.17. The largest absolute Gasteiger partial charge is 0.357 e. The third kappa shape index (κ3) is 10.4. The van der Waals surface area contributed by atoms with E-state index in [2.05, 4.69) is 55.1 Å². The Kier molecular flexibility index (Phi) is 12.8. The van der Waals surface area contributed by atoms with Gasteiger partial charge in [-0.3, -0.25) is 4.99 Å². The molecule has 0 amide bonds. The van der Waals surface area contributed by atoms with Crippen LogP contribution in [-0.4, -0.2) is 74.2 Å². The van der Waals surface area contributed by atoms with Crippen molar-refractivity contribution in [2.45, 2.75) is 72.8 Å². The highest BCUT2D eigenvalue weighted by atomic mass is 15.3. The lowest BCUT2D eigenvalue weighted by molar-refractivity contribution is 0.125. The predicted molar refractivity (Wildman–Crippen MR) is 115 cm³/mol. The van der Waals surface area contributed by atoms with Gasteiger partial charge in [0.2, 0.25) is 0 Å². The minimum absolute atomic E-state index is 0.488. The maximum Gasteiger partial charge on any atom is 0.191 e.